The molecule has 26 heavy (non-hydrogen) atoms. The first-order chi connectivity index (χ1) is 12.5. The number of unbranched alkanes of at least 4 members (excludes halogenated alkanes) is 4. The molecule has 0 radical (unpaired) electrons. The highest BCUT2D eigenvalue weighted by molar-refractivity contribution is 5.66. The van der Waals surface area contributed by atoms with Crippen molar-refractivity contribution in [3.8, 4) is 0 Å². The van der Waals surface area contributed by atoms with Crippen LogP contribution in [-0.4, -0.2) is 44.7 Å². The lowest BCUT2D eigenvalue weighted by Crippen LogP contribution is -2.21. The fourth-order valence-corrected chi connectivity index (χ4v) is 3.64. The number of aliphatic hydroxyl groups is 3. The zero-order valence-electron chi connectivity index (χ0n) is 16.0. The molecule has 1 saturated carbocycles. The fourth-order valence-electron chi connectivity index (χ4n) is 3.64. The Labute approximate surface area is 157 Å². The van der Waals surface area contributed by atoms with Gasteiger partial charge < -0.3 is 20.4 Å². The van der Waals surface area contributed by atoms with E-state index in [-0.39, 0.29) is 18.3 Å². The molecule has 0 heterocycles. The van der Waals surface area contributed by atoms with Crippen molar-refractivity contribution in [2.24, 2.45) is 11.8 Å². The number of carboxylic acid groups (broad SMARTS) is 1. The number of carboxylic acids is 1. The average molecular weight is 369 g/mol. The molecule has 1 aliphatic carbocycles. The molecule has 5 nitrogen and oxygen atoms in total. The van der Waals surface area contributed by atoms with Crippen LogP contribution < -0.4 is 0 Å². The van der Waals surface area contributed by atoms with Crippen molar-refractivity contribution >= 4 is 5.97 Å². The maximum atomic E-state index is 10.6. The lowest BCUT2D eigenvalue weighted by molar-refractivity contribution is -0.137. The van der Waals surface area contributed by atoms with Gasteiger partial charge in [0.2, 0.25) is 0 Å². The van der Waals surface area contributed by atoms with E-state index in [4.69, 9.17) is 5.11 Å². The van der Waals surface area contributed by atoms with E-state index in [1.54, 1.807) is 12.2 Å². The second-order valence-corrected chi connectivity index (χ2v) is 7.41. The summed E-state index contributed by atoms with van der Waals surface area (Å²) in [4.78, 5) is 10.6. The number of rotatable bonds is 13. The van der Waals surface area contributed by atoms with E-state index in [0.29, 0.717) is 25.7 Å². The van der Waals surface area contributed by atoms with Gasteiger partial charge in [0.25, 0.3) is 0 Å². The van der Waals surface area contributed by atoms with Crippen LogP contribution in [0.15, 0.2) is 24.3 Å². The lowest BCUT2D eigenvalue weighted by atomic mass is 9.88. The molecule has 1 rings (SSSR count). The third-order valence-electron chi connectivity index (χ3n) is 5.17. The summed E-state index contributed by atoms with van der Waals surface area (Å²) < 4.78 is 0. The summed E-state index contributed by atoms with van der Waals surface area (Å²) in [5.74, 6) is -1.23. The van der Waals surface area contributed by atoms with Crippen molar-refractivity contribution in [2.45, 2.75) is 89.4 Å². The number of carbonyl (C=O) groups is 1. The minimum absolute atomic E-state index is 0.0709. The van der Waals surface area contributed by atoms with Crippen molar-refractivity contribution in [3.63, 3.8) is 0 Å². The summed E-state index contributed by atoms with van der Waals surface area (Å²) in [5, 5.41) is 39.1. The van der Waals surface area contributed by atoms with Crippen molar-refractivity contribution in [2.75, 3.05) is 0 Å². The number of aliphatic carboxylic acids is 1. The Balaban J connectivity index is 2.39. The molecule has 150 valence electrons. The van der Waals surface area contributed by atoms with Gasteiger partial charge in [0.05, 0.1) is 18.3 Å². The maximum Gasteiger partial charge on any atom is 0.303 e. The standard InChI is InChI=1S/C21H36O5/c1-2-3-4-5-6-7-8-10-16(22)13-14-18-17(11-9-12-21(25)26)19(23)15-20(18)24/h7-8,13-14,16-20,22-24H,2-6,9-12,15H2,1H3,(H,25,26)/b8-7-,14-13+/t16-,17+,18-,19+,20-/m1/s1. The Morgan fingerprint density at radius 3 is 2.58 bits per heavy atom. The van der Waals surface area contributed by atoms with Crippen molar-refractivity contribution in [1.82, 2.24) is 0 Å². The van der Waals surface area contributed by atoms with Gasteiger partial charge in [0.1, 0.15) is 0 Å². The Morgan fingerprint density at radius 1 is 1.12 bits per heavy atom. The molecule has 0 bridgehead atoms. The van der Waals surface area contributed by atoms with E-state index in [2.05, 4.69) is 13.0 Å². The van der Waals surface area contributed by atoms with E-state index < -0.39 is 24.3 Å². The molecule has 0 aliphatic heterocycles. The monoisotopic (exact) mass is 368 g/mol. The normalized spacial score (nSPS) is 27.5. The molecule has 4 N–H and O–H groups in total. The van der Waals surface area contributed by atoms with Gasteiger partial charge in [-0.05, 0) is 38.0 Å². The van der Waals surface area contributed by atoms with Gasteiger partial charge >= 0.3 is 5.97 Å². The van der Waals surface area contributed by atoms with E-state index in [9.17, 15) is 20.1 Å². The molecule has 5 heteroatoms. The van der Waals surface area contributed by atoms with Gasteiger partial charge in [-0.1, -0.05) is 50.5 Å². The Bertz CT molecular complexity index is 446. The van der Waals surface area contributed by atoms with Crippen molar-refractivity contribution in [3.05, 3.63) is 24.3 Å². The molecule has 0 unspecified atom stereocenters. The second kappa shape index (κ2) is 13.1. The van der Waals surface area contributed by atoms with Crippen LogP contribution in [0.5, 0.6) is 0 Å². The summed E-state index contributed by atoms with van der Waals surface area (Å²) >= 11 is 0. The predicted octanol–water partition coefficient (Wildman–Crippen LogP) is 3.43. The van der Waals surface area contributed by atoms with Crippen LogP contribution in [0.4, 0.5) is 0 Å². The molecule has 0 saturated heterocycles. The summed E-state index contributed by atoms with van der Waals surface area (Å²) in [7, 11) is 0. The van der Waals surface area contributed by atoms with Crippen LogP contribution in [-0.2, 0) is 4.79 Å². The Morgan fingerprint density at radius 2 is 1.88 bits per heavy atom. The highest BCUT2D eigenvalue weighted by Crippen LogP contribution is 2.37. The predicted molar refractivity (Wildman–Crippen MR) is 103 cm³/mol. The molecule has 0 aromatic carbocycles. The minimum atomic E-state index is -0.845. The summed E-state index contributed by atoms with van der Waals surface area (Å²) in [6.07, 6.45) is 13.6. The quantitative estimate of drug-likeness (QED) is 0.295. The number of allylic oxidation sites excluding steroid dienone is 1. The van der Waals surface area contributed by atoms with Crippen LogP contribution in [0, 0.1) is 11.8 Å². The fraction of sp³-hybridized carbons (Fsp3) is 0.762. The molecule has 1 fully saturated rings. The van der Waals surface area contributed by atoms with Crippen LogP contribution in [0.1, 0.15) is 71.1 Å². The van der Waals surface area contributed by atoms with Crippen molar-refractivity contribution in [1.29, 1.82) is 0 Å². The first-order valence-electron chi connectivity index (χ1n) is 10.0. The highest BCUT2D eigenvalue weighted by atomic mass is 16.4. The zero-order valence-corrected chi connectivity index (χ0v) is 16.0. The smallest absolute Gasteiger partial charge is 0.303 e. The summed E-state index contributed by atoms with van der Waals surface area (Å²) in [6, 6.07) is 0. The average Bonchev–Trinajstić information content (AvgIpc) is 2.85. The third kappa shape index (κ3) is 8.97. The van der Waals surface area contributed by atoms with Crippen LogP contribution in [0.3, 0.4) is 0 Å². The lowest BCUT2D eigenvalue weighted by Gasteiger charge is -2.20. The van der Waals surface area contributed by atoms with Crippen LogP contribution in [0.2, 0.25) is 0 Å². The second-order valence-electron chi connectivity index (χ2n) is 7.41. The summed E-state index contributed by atoms with van der Waals surface area (Å²) in [5.41, 5.74) is 0. The van der Waals surface area contributed by atoms with Gasteiger partial charge in [0.15, 0.2) is 0 Å². The summed E-state index contributed by atoms with van der Waals surface area (Å²) in [6.45, 7) is 2.19. The number of hydrogen-bond acceptors (Lipinski definition) is 4. The van der Waals surface area contributed by atoms with Crippen LogP contribution in [0.25, 0.3) is 0 Å². The topological polar surface area (TPSA) is 98.0 Å². The SMILES string of the molecule is CCCCCC/C=C\C[C@@H](O)/C=C/[C@@H]1[C@H](CCCC(=O)O)[C@@H](O)C[C@H]1O. The van der Waals surface area contributed by atoms with E-state index in [0.717, 1.165) is 6.42 Å². The highest BCUT2D eigenvalue weighted by Gasteiger charge is 2.39. The van der Waals surface area contributed by atoms with Crippen LogP contribution >= 0.6 is 0 Å². The Kier molecular flexibility index (Phi) is 11.5. The maximum absolute atomic E-state index is 10.6. The number of aliphatic hydroxyl groups excluding tert-OH is 3. The molecule has 1 aliphatic rings. The van der Waals surface area contributed by atoms with Gasteiger partial charge in [-0.15, -0.1) is 0 Å². The van der Waals surface area contributed by atoms with Gasteiger partial charge in [-0.2, -0.15) is 0 Å². The Hall–Kier alpha value is -1.17. The molecule has 0 spiro atoms. The molecular weight excluding hydrogens is 332 g/mol. The largest absolute Gasteiger partial charge is 0.481 e. The van der Waals surface area contributed by atoms with Gasteiger partial charge in [-0.25, -0.2) is 0 Å². The van der Waals surface area contributed by atoms with E-state index in [1.807, 2.05) is 6.08 Å². The molecular formula is C21H36O5. The first kappa shape index (κ1) is 22.9. The van der Waals surface area contributed by atoms with Gasteiger partial charge in [-0.3, -0.25) is 4.79 Å². The van der Waals surface area contributed by atoms with E-state index >= 15 is 0 Å². The van der Waals surface area contributed by atoms with E-state index in [1.165, 1.54) is 25.7 Å². The molecule has 5 atom stereocenters. The number of hydrogen-bond donors (Lipinski definition) is 4. The first-order valence-corrected chi connectivity index (χ1v) is 10.0. The third-order valence-corrected chi connectivity index (χ3v) is 5.17. The molecule has 0 aromatic heterocycles. The molecule has 0 amide bonds. The van der Waals surface area contributed by atoms with Gasteiger partial charge in [0, 0.05) is 18.8 Å². The minimum Gasteiger partial charge on any atom is -0.481 e. The molecule has 0 aromatic rings. The van der Waals surface area contributed by atoms with Crippen molar-refractivity contribution < 1.29 is 25.2 Å². The zero-order chi connectivity index (χ0) is 19.4.